The fraction of sp³-hybridized carbons (Fsp3) is 0. The van der Waals surface area contributed by atoms with Gasteiger partial charge in [0.15, 0.2) is 0 Å². The van der Waals surface area contributed by atoms with E-state index in [1.165, 1.54) is 30.2 Å². The fourth-order valence-electron chi connectivity index (χ4n) is 1.69. The molecular formula is C14H9FN2S. The van der Waals surface area contributed by atoms with Crippen molar-refractivity contribution in [2.24, 2.45) is 0 Å². The van der Waals surface area contributed by atoms with Crippen molar-refractivity contribution in [2.75, 3.05) is 0 Å². The van der Waals surface area contributed by atoms with Gasteiger partial charge < -0.3 is 0 Å². The molecule has 1 heterocycles. The van der Waals surface area contributed by atoms with Gasteiger partial charge in [-0.1, -0.05) is 30.0 Å². The van der Waals surface area contributed by atoms with Crippen LogP contribution >= 0.6 is 11.8 Å². The van der Waals surface area contributed by atoms with E-state index in [1.54, 1.807) is 6.07 Å². The minimum absolute atomic E-state index is 0.271. The van der Waals surface area contributed by atoms with E-state index in [0.29, 0.717) is 0 Å². The molecule has 0 atom stereocenters. The number of hydrogen-bond acceptors (Lipinski definition) is 3. The summed E-state index contributed by atoms with van der Waals surface area (Å²) >= 11 is 1.51. The summed E-state index contributed by atoms with van der Waals surface area (Å²) in [5, 5.41) is 1.51. The molecule has 0 amide bonds. The lowest BCUT2D eigenvalue weighted by Gasteiger charge is -2.04. The maximum atomic E-state index is 13.3. The van der Waals surface area contributed by atoms with Crippen LogP contribution in [0.15, 0.2) is 64.8 Å². The Hall–Kier alpha value is -1.94. The Bertz CT molecular complexity index is 686. The van der Waals surface area contributed by atoms with Crippen molar-refractivity contribution in [3.05, 3.63) is 60.7 Å². The van der Waals surface area contributed by atoms with Crippen molar-refractivity contribution in [3.63, 3.8) is 0 Å². The number of fused-ring (bicyclic) bond motifs is 1. The van der Waals surface area contributed by atoms with Gasteiger partial charge >= 0.3 is 0 Å². The van der Waals surface area contributed by atoms with E-state index in [-0.39, 0.29) is 5.82 Å². The third-order valence-corrected chi connectivity index (χ3v) is 3.55. The van der Waals surface area contributed by atoms with Gasteiger partial charge in [0.2, 0.25) is 0 Å². The molecule has 0 saturated carbocycles. The van der Waals surface area contributed by atoms with Gasteiger partial charge in [-0.3, -0.25) is 0 Å². The first-order chi connectivity index (χ1) is 8.83. The van der Waals surface area contributed by atoms with Gasteiger partial charge in [-0.15, -0.1) is 0 Å². The molecule has 0 N–H and O–H groups in total. The minimum Gasteiger partial charge on any atom is -0.236 e. The van der Waals surface area contributed by atoms with E-state index in [2.05, 4.69) is 9.97 Å². The van der Waals surface area contributed by atoms with E-state index in [4.69, 9.17) is 0 Å². The molecule has 0 bridgehead atoms. The first-order valence-electron chi connectivity index (χ1n) is 5.46. The Morgan fingerprint density at radius 2 is 1.78 bits per heavy atom. The van der Waals surface area contributed by atoms with E-state index < -0.39 is 0 Å². The van der Waals surface area contributed by atoms with Crippen molar-refractivity contribution in [2.45, 2.75) is 9.92 Å². The van der Waals surface area contributed by atoms with E-state index in [1.807, 2.05) is 30.3 Å². The minimum atomic E-state index is -0.271. The van der Waals surface area contributed by atoms with Crippen LogP contribution in [0.5, 0.6) is 0 Å². The fourth-order valence-corrected chi connectivity index (χ4v) is 2.58. The lowest BCUT2D eigenvalue weighted by atomic mass is 10.2. The molecule has 88 valence electrons. The van der Waals surface area contributed by atoms with Crippen LogP contribution in [0, 0.1) is 5.82 Å². The molecule has 3 rings (SSSR count). The maximum Gasteiger partial charge on any atom is 0.124 e. The normalized spacial score (nSPS) is 10.7. The summed E-state index contributed by atoms with van der Waals surface area (Å²) in [6.07, 6.45) is 1.51. The molecular weight excluding hydrogens is 247 g/mol. The lowest BCUT2D eigenvalue weighted by Crippen LogP contribution is -1.87. The Morgan fingerprint density at radius 3 is 2.61 bits per heavy atom. The average Bonchev–Trinajstić information content (AvgIpc) is 2.41. The van der Waals surface area contributed by atoms with Gasteiger partial charge in [-0.05, 0) is 30.3 Å². The third-order valence-electron chi connectivity index (χ3n) is 2.52. The van der Waals surface area contributed by atoms with Crippen molar-refractivity contribution in [3.8, 4) is 0 Å². The Morgan fingerprint density at radius 1 is 0.944 bits per heavy atom. The number of benzene rings is 2. The van der Waals surface area contributed by atoms with Crippen LogP contribution in [0.4, 0.5) is 4.39 Å². The van der Waals surface area contributed by atoms with Crippen molar-refractivity contribution in [1.82, 2.24) is 9.97 Å². The summed E-state index contributed by atoms with van der Waals surface area (Å²) in [5.74, 6) is -0.271. The molecule has 4 heteroatoms. The van der Waals surface area contributed by atoms with Crippen LogP contribution in [-0.4, -0.2) is 9.97 Å². The van der Waals surface area contributed by atoms with Crippen LogP contribution in [0.3, 0.4) is 0 Å². The summed E-state index contributed by atoms with van der Waals surface area (Å²) in [5.41, 5.74) is 0.754. The number of halogens is 1. The van der Waals surface area contributed by atoms with Crippen LogP contribution < -0.4 is 0 Å². The van der Waals surface area contributed by atoms with Crippen molar-refractivity contribution < 1.29 is 4.39 Å². The summed E-state index contributed by atoms with van der Waals surface area (Å²) < 4.78 is 13.3. The highest BCUT2D eigenvalue weighted by Crippen LogP contribution is 2.30. The summed E-state index contributed by atoms with van der Waals surface area (Å²) in [4.78, 5) is 9.43. The summed E-state index contributed by atoms with van der Waals surface area (Å²) in [6, 6.07) is 14.4. The zero-order chi connectivity index (χ0) is 12.4. The predicted octanol–water partition coefficient (Wildman–Crippen LogP) is 3.92. The molecule has 3 aromatic rings. The summed E-state index contributed by atoms with van der Waals surface area (Å²) in [6.45, 7) is 0. The van der Waals surface area contributed by atoms with Gasteiger partial charge in [0.25, 0.3) is 0 Å². The van der Waals surface area contributed by atoms with Crippen molar-refractivity contribution in [1.29, 1.82) is 0 Å². The van der Waals surface area contributed by atoms with Crippen LogP contribution in [0.2, 0.25) is 0 Å². The third kappa shape index (κ3) is 2.19. The molecule has 0 aliphatic heterocycles. The molecule has 0 radical (unpaired) electrons. The number of nitrogens with zero attached hydrogens (tertiary/aromatic N) is 2. The molecule has 0 aliphatic carbocycles. The predicted molar refractivity (Wildman–Crippen MR) is 70.1 cm³/mol. The number of rotatable bonds is 2. The molecule has 1 aromatic heterocycles. The highest BCUT2D eigenvalue weighted by atomic mass is 32.2. The smallest absolute Gasteiger partial charge is 0.124 e. The van der Waals surface area contributed by atoms with Crippen LogP contribution in [0.25, 0.3) is 10.9 Å². The first kappa shape index (κ1) is 11.2. The van der Waals surface area contributed by atoms with Crippen LogP contribution in [-0.2, 0) is 0 Å². The second-order valence-electron chi connectivity index (χ2n) is 3.76. The van der Waals surface area contributed by atoms with E-state index in [9.17, 15) is 4.39 Å². The van der Waals surface area contributed by atoms with E-state index >= 15 is 0 Å². The number of aromatic nitrogens is 2. The van der Waals surface area contributed by atoms with Gasteiger partial charge in [0.05, 0.1) is 5.52 Å². The molecule has 2 nitrogen and oxygen atoms in total. The molecule has 0 unspecified atom stereocenters. The zero-order valence-corrected chi connectivity index (χ0v) is 10.2. The number of hydrogen-bond donors (Lipinski definition) is 0. The average molecular weight is 256 g/mol. The highest BCUT2D eigenvalue weighted by Gasteiger charge is 2.06. The summed E-state index contributed by atoms with van der Waals surface area (Å²) in [7, 11) is 0. The van der Waals surface area contributed by atoms with Crippen LogP contribution in [0.1, 0.15) is 0 Å². The Kier molecular flexibility index (Phi) is 2.94. The standard InChI is InChI=1S/C14H9FN2S/c15-10-6-7-13-12(8-10)14(17-9-16-13)18-11-4-2-1-3-5-11/h1-9H. The highest BCUT2D eigenvalue weighted by molar-refractivity contribution is 7.99. The van der Waals surface area contributed by atoms with E-state index in [0.717, 1.165) is 20.8 Å². The quantitative estimate of drug-likeness (QED) is 0.650. The second kappa shape index (κ2) is 4.74. The SMILES string of the molecule is Fc1ccc2ncnc(Sc3ccccc3)c2c1. The second-order valence-corrected chi connectivity index (χ2v) is 4.82. The Balaban J connectivity index is 2.09. The molecule has 18 heavy (non-hydrogen) atoms. The Labute approximate surface area is 108 Å². The topological polar surface area (TPSA) is 25.8 Å². The molecule has 0 fully saturated rings. The molecule has 0 spiro atoms. The lowest BCUT2D eigenvalue weighted by molar-refractivity contribution is 0.629. The maximum absolute atomic E-state index is 13.3. The van der Waals surface area contributed by atoms with Gasteiger partial charge in [-0.25, -0.2) is 14.4 Å². The zero-order valence-electron chi connectivity index (χ0n) is 9.38. The van der Waals surface area contributed by atoms with Gasteiger partial charge in [0.1, 0.15) is 17.2 Å². The first-order valence-corrected chi connectivity index (χ1v) is 6.28. The van der Waals surface area contributed by atoms with Gasteiger partial charge in [-0.2, -0.15) is 0 Å². The van der Waals surface area contributed by atoms with Gasteiger partial charge in [0, 0.05) is 10.3 Å². The molecule has 0 saturated heterocycles. The largest absolute Gasteiger partial charge is 0.236 e. The molecule has 0 aliphatic rings. The molecule has 2 aromatic carbocycles. The van der Waals surface area contributed by atoms with Crippen molar-refractivity contribution >= 4 is 22.7 Å². The monoisotopic (exact) mass is 256 g/mol.